The fourth-order valence-electron chi connectivity index (χ4n) is 2.23. The van der Waals surface area contributed by atoms with Crippen LogP contribution in [0, 0.1) is 13.8 Å². The third-order valence-electron chi connectivity index (χ3n) is 3.75. The van der Waals surface area contributed by atoms with Gasteiger partial charge < -0.3 is 10.1 Å². The van der Waals surface area contributed by atoms with E-state index in [-0.39, 0.29) is 5.91 Å². The minimum absolute atomic E-state index is 0.0234. The summed E-state index contributed by atoms with van der Waals surface area (Å²) < 4.78 is 5.65. The molecule has 2 rings (SSSR count). The maximum absolute atomic E-state index is 12.0. The molecule has 3 heteroatoms. The van der Waals surface area contributed by atoms with Crippen molar-refractivity contribution in [3.63, 3.8) is 0 Å². The molecule has 0 aromatic heterocycles. The highest BCUT2D eigenvalue weighted by atomic mass is 16.5. The summed E-state index contributed by atoms with van der Waals surface area (Å²) in [6.07, 6.45) is 1.24. The Bertz CT molecular complexity index is 650. The highest BCUT2D eigenvalue weighted by Crippen LogP contribution is 2.17. The first-order chi connectivity index (χ1) is 10.6. The monoisotopic (exact) mass is 297 g/mol. The second-order valence-electron chi connectivity index (χ2n) is 5.40. The molecule has 3 nitrogen and oxygen atoms in total. The molecule has 0 aliphatic carbocycles. The van der Waals surface area contributed by atoms with E-state index in [0.717, 1.165) is 23.4 Å². The summed E-state index contributed by atoms with van der Waals surface area (Å²) >= 11 is 0. The van der Waals surface area contributed by atoms with E-state index in [4.69, 9.17) is 4.74 Å². The Balaban J connectivity index is 1.84. The maximum atomic E-state index is 12.0. The second kappa shape index (κ2) is 7.64. The molecule has 2 aromatic carbocycles. The summed E-state index contributed by atoms with van der Waals surface area (Å²) in [7, 11) is 0. The van der Waals surface area contributed by atoms with Gasteiger partial charge in [-0.05, 0) is 55.2 Å². The van der Waals surface area contributed by atoms with Crippen molar-refractivity contribution in [3.8, 4) is 5.75 Å². The van der Waals surface area contributed by atoms with Crippen molar-refractivity contribution < 1.29 is 9.53 Å². The first kappa shape index (κ1) is 16.1. The van der Waals surface area contributed by atoms with Crippen LogP contribution < -0.4 is 10.1 Å². The third kappa shape index (κ3) is 4.35. The van der Waals surface area contributed by atoms with Crippen LogP contribution in [0.2, 0.25) is 0 Å². The van der Waals surface area contributed by atoms with E-state index in [1.807, 2.05) is 42.5 Å². The predicted octanol–water partition coefficient (Wildman–Crippen LogP) is 4.27. The number of ether oxygens (including phenoxy) is 1. The quantitative estimate of drug-likeness (QED) is 0.864. The molecule has 0 spiro atoms. The summed E-state index contributed by atoms with van der Waals surface area (Å²) in [6.45, 7) is 6.57. The van der Waals surface area contributed by atoms with E-state index in [0.29, 0.717) is 13.0 Å². The van der Waals surface area contributed by atoms with Crippen molar-refractivity contribution in [2.75, 3.05) is 11.9 Å². The minimum atomic E-state index is -0.0234. The second-order valence-corrected chi connectivity index (χ2v) is 5.40. The molecule has 0 radical (unpaired) electrons. The minimum Gasteiger partial charge on any atom is -0.493 e. The Labute approximate surface area is 132 Å². The smallest absolute Gasteiger partial charge is 0.227 e. The van der Waals surface area contributed by atoms with Gasteiger partial charge in [0.2, 0.25) is 5.91 Å². The predicted molar refractivity (Wildman–Crippen MR) is 90.5 cm³/mol. The fourth-order valence-corrected chi connectivity index (χ4v) is 2.23. The zero-order chi connectivity index (χ0) is 15.9. The molecule has 2 aromatic rings. The first-order valence-electron chi connectivity index (χ1n) is 7.68. The molecule has 0 fully saturated rings. The van der Waals surface area contributed by atoms with E-state index >= 15 is 0 Å². The molecule has 0 bridgehead atoms. The van der Waals surface area contributed by atoms with Crippen molar-refractivity contribution in [2.45, 2.75) is 33.6 Å². The Morgan fingerprint density at radius 1 is 1.09 bits per heavy atom. The lowest BCUT2D eigenvalue weighted by atomic mass is 10.1. The normalized spacial score (nSPS) is 10.3. The lowest BCUT2D eigenvalue weighted by molar-refractivity contribution is -0.116. The van der Waals surface area contributed by atoms with Gasteiger partial charge in [-0.15, -0.1) is 0 Å². The van der Waals surface area contributed by atoms with E-state index in [9.17, 15) is 4.79 Å². The van der Waals surface area contributed by atoms with E-state index < -0.39 is 0 Å². The van der Waals surface area contributed by atoms with Gasteiger partial charge in [-0.3, -0.25) is 4.79 Å². The van der Waals surface area contributed by atoms with Gasteiger partial charge in [0.05, 0.1) is 13.0 Å². The third-order valence-corrected chi connectivity index (χ3v) is 3.75. The zero-order valence-electron chi connectivity index (χ0n) is 13.5. The van der Waals surface area contributed by atoms with E-state index in [1.54, 1.807) is 0 Å². The van der Waals surface area contributed by atoms with Crippen molar-refractivity contribution in [1.82, 2.24) is 0 Å². The van der Waals surface area contributed by atoms with Crippen LogP contribution in [0.3, 0.4) is 0 Å². The van der Waals surface area contributed by atoms with Gasteiger partial charge in [0.15, 0.2) is 0 Å². The number of benzene rings is 2. The number of hydrogen-bond acceptors (Lipinski definition) is 2. The van der Waals surface area contributed by atoms with Crippen molar-refractivity contribution in [3.05, 3.63) is 59.2 Å². The zero-order valence-corrected chi connectivity index (χ0v) is 13.5. The summed E-state index contributed by atoms with van der Waals surface area (Å²) in [5.74, 6) is 0.787. The van der Waals surface area contributed by atoms with E-state index in [2.05, 4.69) is 26.1 Å². The number of carbonyl (C=O) groups is 1. The highest BCUT2D eigenvalue weighted by Gasteiger charge is 2.06. The van der Waals surface area contributed by atoms with Gasteiger partial charge in [0, 0.05) is 5.69 Å². The SMILES string of the molecule is CCc1ccccc1NC(=O)CCOc1ccc(C)c(C)c1. The molecule has 0 heterocycles. The van der Waals surface area contributed by atoms with Crippen molar-refractivity contribution >= 4 is 11.6 Å². The first-order valence-corrected chi connectivity index (χ1v) is 7.68. The number of nitrogens with one attached hydrogen (secondary N) is 1. The fraction of sp³-hybridized carbons (Fsp3) is 0.316. The topological polar surface area (TPSA) is 38.3 Å². The molecule has 1 amide bonds. The van der Waals surface area contributed by atoms with Crippen LogP contribution >= 0.6 is 0 Å². The van der Waals surface area contributed by atoms with Gasteiger partial charge in [-0.2, -0.15) is 0 Å². The summed E-state index contributed by atoms with van der Waals surface area (Å²) in [4.78, 5) is 12.0. The number of para-hydroxylation sites is 1. The number of carbonyl (C=O) groups excluding carboxylic acids is 1. The standard InChI is InChI=1S/C19H23NO2/c1-4-16-7-5-6-8-18(16)20-19(21)11-12-22-17-10-9-14(2)15(3)13-17/h5-10,13H,4,11-12H2,1-3H3,(H,20,21). The van der Waals surface area contributed by atoms with E-state index in [1.165, 1.54) is 11.1 Å². The maximum Gasteiger partial charge on any atom is 0.227 e. The largest absolute Gasteiger partial charge is 0.493 e. The number of anilines is 1. The molecular weight excluding hydrogens is 274 g/mol. The Kier molecular flexibility index (Phi) is 5.59. The highest BCUT2D eigenvalue weighted by molar-refractivity contribution is 5.91. The number of amides is 1. The van der Waals surface area contributed by atoms with Gasteiger partial charge >= 0.3 is 0 Å². The Morgan fingerprint density at radius 2 is 1.86 bits per heavy atom. The van der Waals surface area contributed by atoms with Gasteiger partial charge in [0.25, 0.3) is 0 Å². The number of hydrogen-bond donors (Lipinski definition) is 1. The molecule has 0 atom stereocenters. The number of rotatable bonds is 6. The molecule has 1 N–H and O–H groups in total. The van der Waals surface area contributed by atoms with Crippen LogP contribution in [0.5, 0.6) is 5.75 Å². The molecule has 22 heavy (non-hydrogen) atoms. The Morgan fingerprint density at radius 3 is 2.59 bits per heavy atom. The van der Waals surface area contributed by atoms with Crippen LogP contribution in [0.1, 0.15) is 30.0 Å². The van der Waals surface area contributed by atoms with Crippen LogP contribution in [0.25, 0.3) is 0 Å². The molecule has 116 valence electrons. The van der Waals surface area contributed by atoms with Crippen LogP contribution in [-0.4, -0.2) is 12.5 Å². The molecule has 0 aliphatic heterocycles. The van der Waals surface area contributed by atoms with Crippen molar-refractivity contribution in [1.29, 1.82) is 0 Å². The number of aryl methyl sites for hydroxylation is 3. The average Bonchev–Trinajstić information content (AvgIpc) is 2.51. The molecule has 0 saturated heterocycles. The van der Waals surface area contributed by atoms with Gasteiger partial charge in [0.1, 0.15) is 5.75 Å². The van der Waals surface area contributed by atoms with Crippen LogP contribution in [0.15, 0.2) is 42.5 Å². The van der Waals surface area contributed by atoms with Crippen LogP contribution in [0.4, 0.5) is 5.69 Å². The Hall–Kier alpha value is -2.29. The lowest BCUT2D eigenvalue weighted by Gasteiger charge is -2.11. The summed E-state index contributed by atoms with van der Waals surface area (Å²) in [6, 6.07) is 13.8. The lowest BCUT2D eigenvalue weighted by Crippen LogP contribution is -2.16. The molecule has 0 saturated carbocycles. The molecular formula is C19H23NO2. The molecule has 0 aliphatic rings. The summed E-state index contributed by atoms with van der Waals surface area (Å²) in [5.41, 5.74) is 4.46. The summed E-state index contributed by atoms with van der Waals surface area (Å²) in [5, 5.41) is 2.95. The van der Waals surface area contributed by atoms with Crippen LogP contribution in [-0.2, 0) is 11.2 Å². The van der Waals surface area contributed by atoms with Gasteiger partial charge in [-0.25, -0.2) is 0 Å². The van der Waals surface area contributed by atoms with Gasteiger partial charge in [-0.1, -0.05) is 31.2 Å². The van der Waals surface area contributed by atoms with Crippen molar-refractivity contribution in [2.24, 2.45) is 0 Å². The molecule has 0 unspecified atom stereocenters. The average molecular weight is 297 g/mol.